The lowest BCUT2D eigenvalue weighted by molar-refractivity contribution is -0.108. The number of thioether (sulfide) groups is 1. The molecule has 2 heteroatoms. The van der Waals surface area contributed by atoms with Crippen LogP contribution in [0.2, 0.25) is 0 Å². The van der Waals surface area contributed by atoms with Crippen molar-refractivity contribution in [1.29, 1.82) is 0 Å². The predicted octanol–water partition coefficient (Wildman–Crippen LogP) is 7.75. The highest BCUT2D eigenvalue weighted by molar-refractivity contribution is 8.14. The minimum atomic E-state index is 0.234. The van der Waals surface area contributed by atoms with E-state index in [4.69, 9.17) is 0 Å². The maximum Gasteiger partial charge on any atom is 0.212 e. The van der Waals surface area contributed by atoms with E-state index >= 15 is 0 Å². The van der Waals surface area contributed by atoms with Crippen LogP contribution >= 0.6 is 11.8 Å². The first-order valence-corrected chi connectivity index (χ1v) is 13.4. The van der Waals surface area contributed by atoms with Crippen LogP contribution in [0.25, 0.3) is 0 Å². The standard InChI is InChI=1S/C27H44OS/c1-17(2)8-7-9-18(3)20-10-11-21-25-19(4)16-23-27(6,15-13-24(28)29-23)22(25)12-14-26(20,21)5/h13,15,17-23,25H,7-12,14,16H2,1-6H3/t18-,19+,20-,21+,22+,23-,25+,26-,27-/m1/s1. The highest BCUT2D eigenvalue weighted by atomic mass is 32.2. The van der Waals surface area contributed by atoms with Gasteiger partial charge in [-0.2, -0.15) is 0 Å². The van der Waals surface area contributed by atoms with Gasteiger partial charge in [0.15, 0.2) is 0 Å². The van der Waals surface area contributed by atoms with Gasteiger partial charge in [0.1, 0.15) is 0 Å². The van der Waals surface area contributed by atoms with Crippen LogP contribution in [0.1, 0.15) is 92.9 Å². The van der Waals surface area contributed by atoms with Gasteiger partial charge in [0, 0.05) is 10.7 Å². The molecular weight excluding hydrogens is 372 g/mol. The van der Waals surface area contributed by atoms with Crippen LogP contribution in [0.5, 0.6) is 0 Å². The molecule has 3 fully saturated rings. The van der Waals surface area contributed by atoms with Gasteiger partial charge in [0.2, 0.25) is 5.12 Å². The van der Waals surface area contributed by atoms with Crippen molar-refractivity contribution in [2.75, 3.05) is 0 Å². The molecule has 1 heterocycles. The van der Waals surface area contributed by atoms with Gasteiger partial charge < -0.3 is 0 Å². The van der Waals surface area contributed by atoms with E-state index in [0.29, 0.717) is 10.7 Å². The van der Waals surface area contributed by atoms with Crippen LogP contribution in [0.4, 0.5) is 0 Å². The van der Waals surface area contributed by atoms with Gasteiger partial charge in [-0.05, 0) is 85.0 Å². The van der Waals surface area contributed by atoms with Crippen molar-refractivity contribution < 1.29 is 4.79 Å². The number of hydrogen-bond acceptors (Lipinski definition) is 2. The Morgan fingerprint density at radius 2 is 1.86 bits per heavy atom. The average molecular weight is 417 g/mol. The van der Waals surface area contributed by atoms with Gasteiger partial charge in [-0.15, -0.1) is 0 Å². The third-order valence-corrected chi connectivity index (χ3v) is 11.5. The number of carbonyl (C=O) groups is 1. The summed E-state index contributed by atoms with van der Waals surface area (Å²) in [6.45, 7) is 15.0. The summed E-state index contributed by atoms with van der Waals surface area (Å²) in [5.41, 5.74) is 0.787. The third kappa shape index (κ3) is 3.68. The second kappa shape index (κ2) is 8.03. The Labute approximate surface area is 184 Å². The summed E-state index contributed by atoms with van der Waals surface area (Å²) < 4.78 is 0. The molecular formula is C27H44OS. The molecule has 0 unspecified atom stereocenters. The van der Waals surface area contributed by atoms with Crippen LogP contribution in [0, 0.1) is 52.3 Å². The Balaban J connectivity index is 1.53. The number of allylic oxidation sites excluding steroid dienone is 1. The van der Waals surface area contributed by atoms with E-state index in [1.807, 2.05) is 6.08 Å². The zero-order valence-electron chi connectivity index (χ0n) is 19.7. The Bertz CT molecular complexity index is 653. The lowest BCUT2D eigenvalue weighted by Crippen LogP contribution is -2.56. The van der Waals surface area contributed by atoms with Crippen LogP contribution < -0.4 is 0 Å². The Hall–Kier alpha value is -0.240. The van der Waals surface area contributed by atoms with E-state index in [2.05, 4.69) is 47.6 Å². The first-order valence-electron chi connectivity index (χ1n) is 12.6. The van der Waals surface area contributed by atoms with Crippen molar-refractivity contribution >= 4 is 16.9 Å². The van der Waals surface area contributed by atoms with Gasteiger partial charge in [-0.1, -0.05) is 78.6 Å². The topological polar surface area (TPSA) is 17.1 Å². The lowest BCUT2D eigenvalue weighted by Gasteiger charge is -2.61. The van der Waals surface area contributed by atoms with Gasteiger partial charge in [-0.3, -0.25) is 4.79 Å². The van der Waals surface area contributed by atoms with E-state index < -0.39 is 0 Å². The summed E-state index contributed by atoms with van der Waals surface area (Å²) in [6.07, 6.45) is 15.4. The van der Waals surface area contributed by atoms with Crippen molar-refractivity contribution in [2.45, 2.75) is 98.2 Å². The highest BCUT2D eigenvalue weighted by Crippen LogP contribution is 2.68. The Morgan fingerprint density at radius 1 is 1.10 bits per heavy atom. The van der Waals surface area contributed by atoms with Crippen molar-refractivity contribution in [3.63, 3.8) is 0 Å². The van der Waals surface area contributed by atoms with Crippen molar-refractivity contribution in [2.24, 2.45) is 52.3 Å². The molecule has 0 aromatic heterocycles. The molecule has 0 N–H and O–H groups in total. The minimum absolute atomic E-state index is 0.234. The second-order valence-corrected chi connectivity index (χ2v) is 13.4. The smallest absolute Gasteiger partial charge is 0.212 e. The molecule has 0 aromatic rings. The summed E-state index contributed by atoms with van der Waals surface area (Å²) in [5.74, 6) is 5.96. The summed E-state index contributed by atoms with van der Waals surface area (Å²) in [6, 6.07) is 0. The quantitative estimate of drug-likeness (QED) is 0.455. The predicted molar refractivity (Wildman–Crippen MR) is 126 cm³/mol. The molecule has 0 amide bonds. The van der Waals surface area contributed by atoms with Gasteiger partial charge in [0.25, 0.3) is 0 Å². The fourth-order valence-electron chi connectivity index (χ4n) is 8.56. The molecule has 0 aromatic carbocycles. The highest BCUT2D eigenvalue weighted by Gasteiger charge is 2.61. The van der Waals surface area contributed by atoms with Gasteiger partial charge >= 0.3 is 0 Å². The molecule has 3 aliphatic carbocycles. The van der Waals surface area contributed by atoms with E-state index in [1.54, 1.807) is 11.8 Å². The van der Waals surface area contributed by atoms with Crippen LogP contribution in [0.15, 0.2) is 12.2 Å². The molecule has 4 rings (SSSR count). The fourth-order valence-corrected chi connectivity index (χ4v) is 9.89. The first-order chi connectivity index (χ1) is 13.7. The Morgan fingerprint density at radius 3 is 2.59 bits per heavy atom. The van der Waals surface area contributed by atoms with Crippen LogP contribution in [0.3, 0.4) is 0 Å². The number of fused-ring (bicyclic) bond motifs is 5. The zero-order chi connectivity index (χ0) is 21.0. The maximum absolute atomic E-state index is 12.1. The minimum Gasteiger partial charge on any atom is -0.282 e. The van der Waals surface area contributed by atoms with Crippen molar-refractivity contribution in [1.82, 2.24) is 0 Å². The molecule has 164 valence electrons. The largest absolute Gasteiger partial charge is 0.282 e. The SMILES string of the molecule is CC(C)CCC[C@@H](C)[C@H]1CC[C@H]2[C@@H]3[C@@H](C)C[C@H]4SC(=O)C=C[C@]4(C)[C@H]3CC[C@]12C. The number of carbonyl (C=O) groups excluding carboxylic acids is 1. The first kappa shape index (κ1) is 22.0. The molecule has 1 nitrogen and oxygen atoms in total. The van der Waals surface area contributed by atoms with E-state index in [-0.39, 0.29) is 10.5 Å². The van der Waals surface area contributed by atoms with Crippen LogP contribution in [-0.2, 0) is 4.79 Å². The van der Waals surface area contributed by atoms with E-state index in [1.165, 1.54) is 51.4 Å². The summed E-state index contributed by atoms with van der Waals surface area (Å²) in [5, 5.41) is 0.794. The fraction of sp³-hybridized carbons (Fsp3) is 0.889. The third-order valence-electron chi connectivity index (χ3n) is 10.1. The zero-order valence-corrected chi connectivity index (χ0v) is 20.6. The monoisotopic (exact) mass is 416 g/mol. The number of rotatable bonds is 5. The van der Waals surface area contributed by atoms with Gasteiger partial charge in [0.05, 0.1) is 0 Å². The lowest BCUT2D eigenvalue weighted by atomic mass is 9.46. The summed E-state index contributed by atoms with van der Waals surface area (Å²) >= 11 is 1.64. The summed E-state index contributed by atoms with van der Waals surface area (Å²) in [4.78, 5) is 12.1. The summed E-state index contributed by atoms with van der Waals surface area (Å²) in [7, 11) is 0. The molecule has 0 radical (unpaired) electrons. The molecule has 3 saturated carbocycles. The molecule has 0 bridgehead atoms. The molecule has 4 aliphatic rings. The van der Waals surface area contributed by atoms with Crippen molar-refractivity contribution in [3.05, 3.63) is 12.2 Å². The van der Waals surface area contributed by atoms with Crippen LogP contribution in [-0.4, -0.2) is 10.4 Å². The molecule has 9 atom stereocenters. The van der Waals surface area contributed by atoms with E-state index in [9.17, 15) is 4.79 Å². The Kier molecular flexibility index (Phi) is 6.08. The second-order valence-electron chi connectivity index (χ2n) is 12.2. The molecule has 1 aliphatic heterocycles. The van der Waals surface area contributed by atoms with Gasteiger partial charge in [-0.25, -0.2) is 0 Å². The van der Waals surface area contributed by atoms with Crippen molar-refractivity contribution in [3.8, 4) is 0 Å². The molecule has 0 spiro atoms. The maximum atomic E-state index is 12.1. The molecule has 0 saturated heterocycles. The normalized spacial score (nSPS) is 47.6. The molecule has 29 heavy (non-hydrogen) atoms. The number of hydrogen-bond donors (Lipinski definition) is 0. The van der Waals surface area contributed by atoms with E-state index in [0.717, 1.165) is 41.4 Å². The average Bonchev–Trinajstić information content (AvgIpc) is 3.00.